The quantitative estimate of drug-likeness (QED) is 0.373. The summed E-state index contributed by atoms with van der Waals surface area (Å²) < 4.78 is 28.7. The Labute approximate surface area is 206 Å². The van der Waals surface area contributed by atoms with Gasteiger partial charge in [0.15, 0.2) is 15.5 Å². The van der Waals surface area contributed by atoms with Gasteiger partial charge in [0, 0.05) is 12.2 Å². The number of nitrogens with zero attached hydrogens (tertiary/aromatic N) is 3. The molecule has 0 fully saturated rings. The van der Waals surface area contributed by atoms with Gasteiger partial charge in [-0.25, -0.2) is 18.2 Å². The number of hydrogen-bond acceptors (Lipinski definition) is 5. The fourth-order valence-corrected chi connectivity index (χ4v) is 6.59. The number of sulfone groups is 1. The first kappa shape index (κ1) is 26.7. The smallest absolute Gasteiger partial charge is 0.331 e. The first-order valence-corrected chi connectivity index (χ1v) is 14.0. The Morgan fingerprint density at radius 3 is 2.43 bits per heavy atom. The zero-order valence-electron chi connectivity index (χ0n) is 20.7. The summed E-state index contributed by atoms with van der Waals surface area (Å²) in [6, 6.07) is 10.8. The molecule has 0 amide bonds. The molecule has 0 radical (unpaired) electrons. The van der Waals surface area contributed by atoms with Crippen LogP contribution in [0.15, 0.2) is 47.4 Å². The van der Waals surface area contributed by atoms with E-state index in [0.29, 0.717) is 24.0 Å². The van der Waals surface area contributed by atoms with Gasteiger partial charge in [-0.2, -0.15) is 0 Å². The largest absolute Gasteiger partial charge is 0.480 e. The molecule has 2 atom stereocenters. The number of carboxylic acid groups (broad SMARTS) is 1. The highest BCUT2D eigenvalue weighted by molar-refractivity contribution is 7.90. The molecule has 0 saturated carbocycles. The van der Waals surface area contributed by atoms with Crippen LogP contribution in [0.2, 0.25) is 0 Å². The molecule has 3 rings (SSSR count). The zero-order chi connectivity index (χ0) is 25.6. The van der Waals surface area contributed by atoms with Crippen LogP contribution in [-0.2, 0) is 26.9 Å². The molecule has 1 N–H and O–H groups in total. The lowest BCUT2D eigenvalue weighted by Gasteiger charge is -2.21. The number of pyridine rings is 1. The SMILES string of the molecule is CCCC(CCC(CC)CS(=O)(=O)Cc1ccc(C)cc1)n1c(=O)n(CC(=O)O)c2cccnc21. The highest BCUT2D eigenvalue weighted by Crippen LogP contribution is 2.27. The second kappa shape index (κ2) is 11.7. The van der Waals surface area contributed by atoms with Crippen molar-refractivity contribution in [3.8, 4) is 0 Å². The molecule has 3 aromatic rings. The number of imidazole rings is 1. The van der Waals surface area contributed by atoms with E-state index in [0.717, 1.165) is 30.4 Å². The maximum Gasteiger partial charge on any atom is 0.331 e. The molecule has 2 heterocycles. The summed E-state index contributed by atoms with van der Waals surface area (Å²) in [7, 11) is -3.29. The van der Waals surface area contributed by atoms with Crippen LogP contribution in [-0.4, -0.2) is 39.4 Å². The van der Waals surface area contributed by atoms with E-state index in [2.05, 4.69) is 4.98 Å². The van der Waals surface area contributed by atoms with Crippen molar-refractivity contribution in [3.05, 3.63) is 64.2 Å². The van der Waals surface area contributed by atoms with Crippen LogP contribution in [0.25, 0.3) is 11.2 Å². The predicted molar refractivity (Wildman–Crippen MR) is 137 cm³/mol. The first-order chi connectivity index (χ1) is 16.6. The van der Waals surface area contributed by atoms with Crippen molar-refractivity contribution in [2.75, 3.05) is 5.75 Å². The third-order valence-electron chi connectivity index (χ3n) is 6.48. The number of rotatable bonds is 13. The van der Waals surface area contributed by atoms with Crippen LogP contribution in [0, 0.1) is 12.8 Å². The van der Waals surface area contributed by atoms with Gasteiger partial charge in [-0.3, -0.25) is 13.9 Å². The summed E-state index contributed by atoms with van der Waals surface area (Å²) in [5.41, 5.74) is 2.46. The summed E-state index contributed by atoms with van der Waals surface area (Å²) in [6.45, 7) is 5.57. The van der Waals surface area contributed by atoms with Gasteiger partial charge in [-0.1, -0.05) is 56.5 Å². The average Bonchev–Trinajstić information content (AvgIpc) is 3.08. The van der Waals surface area contributed by atoms with E-state index >= 15 is 0 Å². The molecule has 190 valence electrons. The Hall–Kier alpha value is -2.94. The minimum atomic E-state index is -3.29. The van der Waals surface area contributed by atoms with E-state index in [1.165, 1.54) is 4.57 Å². The third-order valence-corrected chi connectivity index (χ3v) is 8.24. The standard InChI is InChI=1S/C26H35N3O5S/c1-4-7-22(29-25-23(8-6-15-27-25)28(26(29)32)16-24(30)31)14-13-20(5-2)17-35(33,34)18-21-11-9-19(3)10-12-21/h6,8-12,15,20,22H,4-5,7,13-14,16-18H2,1-3H3,(H,30,31). The predicted octanol–water partition coefficient (Wildman–Crippen LogP) is 4.35. The molecule has 35 heavy (non-hydrogen) atoms. The van der Waals surface area contributed by atoms with Gasteiger partial charge in [0.1, 0.15) is 6.54 Å². The third kappa shape index (κ3) is 6.81. The molecule has 2 unspecified atom stereocenters. The van der Waals surface area contributed by atoms with Gasteiger partial charge >= 0.3 is 11.7 Å². The molecule has 0 bridgehead atoms. The number of carbonyl (C=O) groups is 1. The summed E-state index contributed by atoms with van der Waals surface area (Å²) >= 11 is 0. The highest BCUT2D eigenvalue weighted by Gasteiger charge is 2.24. The number of fused-ring (bicyclic) bond motifs is 1. The lowest BCUT2D eigenvalue weighted by atomic mass is 9.97. The Morgan fingerprint density at radius 2 is 1.80 bits per heavy atom. The second-order valence-corrected chi connectivity index (χ2v) is 11.4. The second-order valence-electron chi connectivity index (χ2n) is 9.31. The Balaban J connectivity index is 1.80. The van der Waals surface area contributed by atoms with E-state index in [1.807, 2.05) is 45.0 Å². The van der Waals surface area contributed by atoms with Crippen LogP contribution >= 0.6 is 0 Å². The minimum absolute atomic E-state index is 0.0220. The van der Waals surface area contributed by atoms with Crippen LogP contribution < -0.4 is 5.69 Å². The van der Waals surface area contributed by atoms with Crippen molar-refractivity contribution < 1.29 is 18.3 Å². The summed E-state index contributed by atoms with van der Waals surface area (Å²) in [5, 5.41) is 9.29. The van der Waals surface area contributed by atoms with Crippen molar-refractivity contribution in [1.29, 1.82) is 0 Å². The van der Waals surface area contributed by atoms with Gasteiger partial charge < -0.3 is 5.11 Å². The van der Waals surface area contributed by atoms with Crippen LogP contribution in [0.3, 0.4) is 0 Å². The van der Waals surface area contributed by atoms with Crippen molar-refractivity contribution in [2.24, 2.45) is 5.92 Å². The highest BCUT2D eigenvalue weighted by atomic mass is 32.2. The maximum atomic E-state index is 13.2. The molecule has 0 spiro atoms. The van der Waals surface area contributed by atoms with Gasteiger partial charge in [0.2, 0.25) is 0 Å². The van der Waals surface area contributed by atoms with Crippen LogP contribution in [0.4, 0.5) is 0 Å². The number of aryl methyl sites for hydroxylation is 1. The lowest BCUT2D eigenvalue weighted by Crippen LogP contribution is -2.30. The van der Waals surface area contributed by atoms with Crippen molar-refractivity contribution in [3.63, 3.8) is 0 Å². The Morgan fingerprint density at radius 1 is 1.09 bits per heavy atom. The Bertz CT molecular complexity index is 1310. The van der Waals surface area contributed by atoms with Crippen LogP contribution in [0.5, 0.6) is 0 Å². The fraction of sp³-hybridized carbons (Fsp3) is 0.500. The van der Waals surface area contributed by atoms with E-state index in [1.54, 1.807) is 22.9 Å². The molecule has 0 aliphatic rings. The maximum absolute atomic E-state index is 13.2. The molecule has 2 aromatic heterocycles. The van der Waals surface area contributed by atoms with E-state index < -0.39 is 22.4 Å². The molecule has 8 nitrogen and oxygen atoms in total. The molecule has 9 heteroatoms. The average molecular weight is 502 g/mol. The van der Waals surface area contributed by atoms with Gasteiger partial charge in [-0.15, -0.1) is 0 Å². The number of aliphatic carboxylic acids is 1. The molecule has 0 saturated heterocycles. The first-order valence-electron chi connectivity index (χ1n) is 12.2. The van der Waals surface area contributed by atoms with Crippen molar-refractivity contribution in [2.45, 2.75) is 71.2 Å². The van der Waals surface area contributed by atoms with Crippen LogP contribution in [0.1, 0.15) is 63.1 Å². The topological polar surface area (TPSA) is 111 Å². The van der Waals surface area contributed by atoms with Gasteiger partial charge in [0.05, 0.1) is 17.0 Å². The number of benzene rings is 1. The van der Waals surface area contributed by atoms with E-state index in [9.17, 15) is 23.1 Å². The minimum Gasteiger partial charge on any atom is -0.480 e. The zero-order valence-corrected chi connectivity index (χ0v) is 21.5. The molecule has 0 aliphatic heterocycles. The summed E-state index contributed by atoms with van der Waals surface area (Å²) in [4.78, 5) is 29.0. The molecular formula is C26H35N3O5S. The Kier molecular flexibility index (Phi) is 8.88. The molecule has 0 aliphatic carbocycles. The summed E-state index contributed by atoms with van der Waals surface area (Å²) in [6.07, 6.45) is 5.14. The molecule has 1 aromatic carbocycles. The number of aromatic nitrogens is 3. The van der Waals surface area contributed by atoms with E-state index in [-0.39, 0.29) is 29.2 Å². The van der Waals surface area contributed by atoms with E-state index in [4.69, 9.17) is 0 Å². The number of hydrogen-bond donors (Lipinski definition) is 1. The normalized spacial score (nSPS) is 13.7. The summed E-state index contributed by atoms with van der Waals surface area (Å²) in [5.74, 6) is -0.994. The number of carboxylic acids is 1. The van der Waals surface area contributed by atoms with Crippen molar-refractivity contribution >= 4 is 27.0 Å². The van der Waals surface area contributed by atoms with Gasteiger partial charge in [-0.05, 0) is 49.8 Å². The fourth-order valence-electron chi connectivity index (χ4n) is 4.65. The monoisotopic (exact) mass is 501 g/mol. The molecular weight excluding hydrogens is 466 g/mol. The van der Waals surface area contributed by atoms with Crippen molar-refractivity contribution in [1.82, 2.24) is 14.1 Å². The van der Waals surface area contributed by atoms with Gasteiger partial charge in [0.25, 0.3) is 0 Å². The lowest BCUT2D eigenvalue weighted by molar-refractivity contribution is -0.137.